The van der Waals surface area contributed by atoms with E-state index in [0.717, 1.165) is 12.5 Å². The highest BCUT2D eigenvalue weighted by Crippen LogP contribution is 2.23. The summed E-state index contributed by atoms with van der Waals surface area (Å²) >= 11 is 0. The third kappa shape index (κ3) is 1.69. The molecule has 0 fully saturated rings. The molecule has 1 N–H and O–H groups in total. The van der Waals surface area contributed by atoms with E-state index in [-0.39, 0.29) is 0 Å². The van der Waals surface area contributed by atoms with Gasteiger partial charge in [-0.3, -0.25) is 5.21 Å². The van der Waals surface area contributed by atoms with Crippen molar-refractivity contribution < 1.29 is 18.7 Å². The smallest absolute Gasteiger partial charge is 0.285 e. The molecule has 2 nitrogen and oxygen atoms in total. The molecule has 0 aliphatic heterocycles. The summed E-state index contributed by atoms with van der Waals surface area (Å²) in [6, 6.07) is 2.73. The minimum atomic E-state index is -3.01. The Labute approximate surface area is 69.0 Å². The van der Waals surface area contributed by atoms with E-state index < -0.39 is 11.6 Å². The lowest BCUT2D eigenvalue weighted by molar-refractivity contribution is -0.913. The minimum absolute atomic E-state index is 0.409. The Balaban J connectivity index is 3.19. The highest BCUT2D eigenvalue weighted by atomic mass is 19.3. The Bertz CT molecular complexity index is 294. The molecule has 4 heteroatoms. The van der Waals surface area contributed by atoms with Crippen LogP contribution in [-0.2, 0) is 5.92 Å². The predicted octanol–water partition coefficient (Wildman–Crippen LogP) is 1.63. The maximum absolute atomic E-state index is 12.7. The summed E-state index contributed by atoms with van der Waals surface area (Å²) in [7, 11) is 0. The zero-order valence-electron chi connectivity index (χ0n) is 6.88. The van der Waals surface area contributed by atoms with Crippen molar-refractivity contribution in [3.63, 3.8) is 0 Å². The predicted molar refractivity (Wildman–Crippen MR) is 38.1 cm³/mol. The van der Waals surface area contributed by atoms with Crippen molar-refractivity contribution >= 4 is 0 Å². The van der Waals surface area contributed by atoms with Crippen LogP contribution in [0.5, 0.6) is 0 Å². The topological polar surface area (TPSA) is 24.1 Å². The lowest BCUT2D eigenvalue weighted by Crippen LogP contribution is -2.39. The molecule has 0 amide bonds. The van der Waals surface area contributed by atoms with E-state index in [9.17, 15) is 8.78 Å². The van der Waals surface area contributed by atoms with E-state index in [1.54, 1.807) is 6.92 Å². The van der Waals surface area contributed by atoms with Crippen molar-refractivity contribution in [3.8, 4) is 0 Å². The number of rotatable bonds is 1. The molecule has 0 atom stereocenters. The molecule has 12 heavy (non-hydrogen) atoms. The Kier molecular flexibility index (Phi) is 2.00. The van der Waals surface area contributed by atoms with Gasteiger partial charge in [0.2, 0.25) is 6.20 Å². The molecule has 1 aromatic rings. The van der Waals surface area contributed by atoms with E-state index in [1.807, 2.05) is 0 Å². The zero-order chi connectivity index (χ0) is 9.35. The van der Waals surface area contributed by atoms with Crippen molar-refractivity contribution in [2.45, 2.75) is 19.8 Å². The summed E-state index contributed by atoms with van der Waals surface area (Å²) < 4.78 is 25.8. The molecule has 0 aliphatic rings. The van der Waals surface area contributed by atoms with Crippen molar-refractivity contribution in [3.05, 3.63) is 29.6 Å². The summed E-state index contributed by atoms with van der Waals surface area (Å²) in [6.45, 7) is 2.45. The van der Waals surface area contributed by atoms with Crippen LogP contribution in [0.1, 0.15) is 18.2 Å². The van der Waals surface area contributed by atoms with Crippen LogP contribution < -0.4 is 4.73 Å². The molecular weight excluding hydrogens is 164 g/mol. The van der Waals surface area contributed by atoms with Crippen LogP contribution in [0.3, 0.4) is 0 Å². The molecule has 0 unspecified atom stereocenters. The minimum Gasteiger partial charge on any atom is -0.285 e. The van der Waals surface area contributed by atoms with E-state index in [0.29, 0.717) is 4.73 Å². The van der Waals surface area contributed by atoms with Crippen molar-refractivity contribution in [2.24, 2.45) is 0 Å². The van der Waals surface area contributed by atoms with Crippen LogP contribution in [-0.4, -0.2) is 5.21 Å². The lowest BCUT2D eigenvalue weighted by Gasteiger charge is -2.04. The standard InChI is InChI=1S/C8H10F2NO/c1-6-3-4-7(8(2,9)10)11(12)5-6/h3-5,12H,1-2H3/q+1. The quantitative estimate of drug-likeness (QED) is 0.507. The number of halogens is 2. The van der Waals surface area contributed by atoms with Crippen molar-refractivity contribution in [1.82, 2.24) is 0 Å². The van der Waals surface area contributed by atoms with Gasteiger partial charge in [-0.15, -0.1) is 0 Å². The average molecular weight is 174 g/mol. The number of aromatic nitrogens is 1. The number of hydrogen-bond donors (Lipinski definition) is 1. The van der Waals surface area contributed by atoms with Gasteiger partial charge in [0, 0.05) is 23.3 Å². The highest BCUT2D eigenvalue weighted by molar-refractivity contribution is 5.09. The van der Waals surface area contributed by atoms with Crippen molar-refractivity contribution in [1.29, 1.82) is 0 Å². The maximum Gasteiger partial charge on any atom is 0.332 e. The number of hydrogen-bond acceptors (Lipinski definition) is 1. The highest BCUT2D eigenvalue weighted by Gasteiger charge is 2.35. The Morgan fingerprint density at radius 3 is 2.42 bits per heavy atom. The van der Waals surface area contributed by atoms with Crippen LogP contribution in [0.25, 0.3) is 0 Å². The summed E-state index contributed by atoms with van der Waals surface area (Å²) in [5.41, 5.74) is 0.318. The summed E-state index contributed by atoms with van der Waals surface area (Å²) in [6.07, 6.45) is 1.24. The van der Waals surface area contributed by atoms with Gasteiger partial charge in [0.25, 0.3) is 0 Å². The molecule has 0 bridgehead atoms. The first-order valence-electron chi connectivity index (χ1n) is 3.51. The second-order valence-electron chi connectivity index (χ2n) is 2.82. The zero-order valence-corrected chi connectivity index (χ0v) is 6.88. The first-order valence-corrected chi connectivity index (χ1v) is 3.51. The molecular formula is C8H10F2NO+. The third-order valence-electron chi connectivity index (χ3n) is 1.53. The maximum atomic E-state index is 12.7. The molecule has 0 aromatic carbocycles. The molecule has 0 radical (unpaired) electrons. The first kappa shape index (κ1) is 8.90. The van der Waals surface area contributed by atoms with Crippen LogP contribution in [0.4, 0.5) is 8.78 Å². The molecule has 1 rings (SSSR count). The van der Waals surface area contributed by atoms with E-state index in [4.69, 9.17) is 5.21 Å². The largest absolute Gasteiger partial charge is 0.332 e. The SMILES string of the molecule is Cc1ccc(C(C)(F)F)[n+](O)c1. The number of pyridine rings is 1. The molecule has 0 spiro atoms. The number of nitrogens with zero attached hydrogens (tertiary/aromatic N) is 1. The van der Waals surface area contributed by atoms with Crippen LogP contribution in [0, 0.1) is 6.92 Å². The summed E-state index contributed by atoms with van der Waals surface area (Å²) in [5.74, 6) is -3.01. The molecule has 0 saturated heterocycles. The fourth-order valence-electron chi connectivity index (χ4n) is 0.940. The van der Waals surface area contributed by atoms with Gasteiger partial charge in [0.05, 0.1) is 0 Å². The number of aryl methyl sites for hydroxylation is 1. The molecule has 66 valence electrons. The summed E-state index contributed by atoms with van der Waals surface area (Å²) in [5, 5.41) is 9.06. The summed E-state index contributed by atoms with van der Waals surface area (Å²) in [4.78, 5) is 0. The number of alkyl halides is 2. The normalized spacial score (nSPS) is 11.7. The van der Waals surface area contributed by atoms with Crippen LogP contribution >= 0.6 is 0 Å². The Morgan fingerprint density at radius 2 is 2.00 bits per heavy atom. The van der Waals surface area contributed by atoms with E-state index in [1.165, 1.54) is 18.3 Å². The van der Waals surface area contributed by atoms with Crippen LogP contribution in [0.2, 0.25) is 0 Å². The molecule has 0 aliphatic carbocycles. The molecule has 1 heterocycles. The first-order chi connectivity index (χ1) is 5.41. The monoisotopic (exact) mass is 174 g/mol. The third-order valence-corrected chi connectivity index (χ3v) is 1.53. The Hall–Kier alpha value is -1.19. The fourth-order valence-corrected chi connectivity index (χ4v) is 0.940. The van der Waals surface area contributed by atoms with Gasteiger partial charge in [0.1, 0.15) is 0 Å². The average Bonchev–Trinajstić information content (AvgIpc) is 1.83. The van der Waals surface area contributed by atoms with Crippen molar-refractivity contribution in [2.75, 3.05) is 0 Å². The Morgan fingerprint density at radius 1 is 1.42 bits per heavy atom. The molecule has 1 aromatic heterocycles. The van der Waals surface area contributed by atoms with Gasteiger partial charge in [-0.1, -0.05) is 0 Å². The second-order valence-corrected chi connectivity index (χ2v) is 2.82. The van der Waals surface area contributed by atoms with Gasteiger partial charge in [0.15, 0.2) is 0 Å². The van der Waals surface area contributed by atoms with Gasteiger partial charge in [-0.25, -0.2) is 0 Å². The van der Waals surface area contributed by atoms with Gasteiger partial charge in [-0.2, -0.15) is 8.78 Å². The second kappa shape index (κ2) is 2.69. The van der Waals surface area contributed by atoms with Gasteiger partial charge in [-0.05, 0) is 13.0 Å². The van der Waals surface area contributed by atoms with Gasteiger partial charge >= 0.3 is 11.6 Å². The van der Waals surface area contributed by atoms with E-state index >= 15 is 0 Å². The van der Waals surface area contributed by atoms with Gasteiger partial charge < -0.3 is 0 Å². The van der Waals surface area contributed by atoms with Crippen LogP contribution in [0.15, 0.2) is 18.3 Å². The molecule has 0 saturated carbocycles. The van der Waals surface area contributed by atoms with E-state index in [2.05, 4.69) is 0 Å². The lowest BCUT2D eigenvalue weighted by atomic mass is 10.2. The fraction of sp³-hybridized carbons (Fsp3) is 0.375.